The van der Waals surface area contributed by atoms with E-state index < -0.39 is 23.3 Å². The van der Waals surface area contributed by atoms with Crippen LogP contribution < -0.4 is 0 Å². The van der Waals surface area contributed by atoms with Crippen molar-refractivity contribution < 1.29 is 34.6 Å². The van der Waals surface area contributed by atoms with Crippen molar-refractivity contribution in [3.05, 3.63) is 167 Å². The number of hydrogen-bond acceptors (Lipinski definition) is 2. The molecule has 53 heavy (non-hydrogen) atoms. The molecule has 0 fully saturated rings. The summed E-state index contributed by atoms with van der Waals surface area (Å²) in [6, 6.07) is 32.6. The smallest absolute Gasteiger partial charge is 0.123 e. The summed E-state index contributed by atoms with van der Waals surface area (Å²) >= 11 is 0. The van der Waals surface area contributed by atoms with Crippen LogP contribution in [-0.2, 0) is 17.1 Å². The van der Waals surface area contributed by atoms with Crippen molar-refractivity contribution in [3.8, 4) is 44.5 Å². The van der Waals surface area contributed by atoms with Crippen molar-refractivity contribution in [3.63, 3.8) is 0 Å². The maximum atomic E-state index is 14.8. The monoisotopic (exact) mass is 741 g/mol. The maximum absolute atomic E-state index is 14.8. The molecule has 1 radical (unpaired) electrons. The molecule has 257 valence electrons. The van der Waals surface area contributed by atoms with Crippen molar-refractivity contribution in [2.45, 2.75) is 0 Å². The van der Waals surface area contributed by atoms with Crippen LogP contribution in [0.5, 0.6) is 0 Å². The first-order chi connectivity index (χ1) is 25.4. The van der Waals surface area contributed by atoms with Gasteiger partial charge in [-0.15, -0.1) is 0 Å². The van der Waals surface area contributed by atoms with Gasteiger partial charge in [-0.2, -0.15) is 0 Å². The second-order valence-electron chi connectivity index (χ2n) is 12.5. The number of fused-ring (bicyclic) bond motifs is 8. The van der Waals surface area contributed by atoms with Crippen LogP contribution in [0.15, 0.2) is 121 Å². The molecule has 4 aromatic carbocycles. The first-order valence-electron chi connectivity index (χ1n) is 16.6. The summed E-state index contributed by atoms with van der Waals surface area (Å²) in [7, 11) is 0. The average molecular weight is 742 g/mol. The number of aromatic nitrogens is 4. The van der Waals surface area contributed by atoms with Crippen molar-refractivity contribution in [1.29, 1.82) is 0 Å². The first-order valence-corrected chi connectivity index (χ1v) is 16.6. The van der Waals surface area contributed by atoms with E-state index in [2.05, 4.69) is 9.97 Å². The zero-order chi connectivity index (χ0) is 35.3. The fraction of sp³-hybridized carbons (Fsp3) is 0. The number of nitrogens with zero attached hydrogens (tertiary/aromatic N) is 2. The zero-order valence-corrected chi connectivity index (χ0v) is 28.8. The molecule has 0 aliphatic carbocycles. The molecule has 3 aromatic heterocycles. The largest absolute Gasteiger partial charge is 0.354 e. The Hall–Kier alpha value is -6.28. The van der Waals surface area contributed by atoms with Crippen molar-refractivity contribution in [2.24, 2.45) is 0 Å². The van der Waals surface area contributed by atoms with E-state index in [1.165, 1.54) is 48.5 Å². The molecule has 9 rings (SSSR count). The van der Waals surface area contributed by atoms with Gasteiger partial charge in [0, 0.05) is 61.4 Å². The van der Waals surface area contributed by atoms with Gasteiger partial charge in [0.1, 0.15) is 23.3 Å². The summed E-state index contributed by atoms with van der Waals surface area (Å²) in [5.41, 5.74) is 9.63. The summed E-state index contributed by atoms with van der Waals surface area (Å²) in [6.07, 6.45) is 7.40. The maximum Gasteiger partial charge on any atom is 0.123 e. The van der Waals surface area contributed by atoms with E-state index >= 15 is 0 Å². The molecule has 7 aromatic rings. The number of rotatable bonds is 4. The van der Waals surface area contributed by atoms with Crippen LogP contribution in [-0.4, -0.2) is 19.9 Å². The zero-order valence-electron chi connectivity index (χ0n) is 27.6. The van der Waals surface area contributed by atoms with Crippen molar-refractivity contribution in [1.82, 2.24) is 19.9 Å². The van der Waals surface area contributed by atoms with Gasteiger partial charge < -0.3 is 9.97 Å². The van der Waals surface area contributed by atoms with Gasteiger partial charge in [0.2, 0.25) is 0 Å². The summed E-state index contributed by atoms with van der Waals surface area (Å²) < 4.78 is 59.1. The predicted octanol–water partition coefficient (Wildman–Crippen LogP) is 11.9. The van der Waals surface area contributed by atoms with Crippen LogP contribution in [0.25, 0.3) is 90.9 Å². The molecule has 9 heteroatoms. The van der Waals surface area contributed by atoms with E-state index in [0.717, 1.165) is 0 Å². The number of H-pyrrole nitrogens is 2. The fourth-order valence-corrected chi connectivity index (χ4v) is 7.00. The van der Waals surface area contributed by atoms with Gasteiger partial charge in [0.05, 0.1) is 22.8 Å². The van der Waals surface area contributed by atoms with Crippen LogP contribution >= 0.6 is 0 Å². The van der Waals surface area contributed by atoms with Gasteiger partial charge in [-0.25, -0.2) is 27.5 Å². The second-order valence-corrected chi connectivity index (χ2v) is 12.5. The molecule has 0 spiro atoms. The van der Waals surface area contributed by atoms with Gasteiger partial charge in [-0.05, 0) is 119 Å². The van der Waals surface area contributed by atoms with Crippen LogP contribution in [0.1, 0.15) is 22.8 Å². The van der Waals surface area contributed by atoms with E-state index in [1.807, 2.05) is 72.8 Å². The minimum absolute atomic E-state index is 0. The van der Waals surface area contributed by atoms with Crippen LogP contribution in [0.4, 0.5) is 17.6 Å². The van der Waals surface area contributed by atoms with Crippen LogP contribution in [0.2, 0.25) is 0 Å². The third kappa shape index (κ3) is 6.31. The Labute approximate surface area is 311 Å². The van der Waals surface area contributed by atoms with Gasteiger partial charge in [-0.1, -0.05) is 48.5 Å². The average Bonchev–Trinajstić information content (AvgIpc) is 3.96. The Kier molecular flexibility index (Phi) is 8.74. The normalized spacial score (nSPS) is 11.8. The molecule has 0 atom stereocenters. The van der Waals surface area contributed by atoms with Crippen LogP contribution in [0.3, 0.4) is 0 Å². The summed E-state index contributed by atoms with van der Waals surface area (Å²) in [5, 5.41) is 0. The number of halogens is 4. The Bertz CT molecular complexity index is 2440. The molecule has 0 amide bonds. The van der Waals surface area contributed by atoms with Gasteiger partial charge >= 0.3 is 0 Å². The molecule has 4 nitrogen and oxygen atoms in total. The standard InChI is InChI=1S/C44H26F4N4.Mn/c45-29-9-1-5-25(21-29)41-33-13-15-35(49-33)42(26-6-2-10-30(46)22-26)37-17-19-39(51-37)44(28-8-4-12-32(48)24-28)40-20-18-38(52-40)43(36-16-14-34(41)50-36)27-7-3-11-31(47)23-27;/h1-24,49,52H;. The number of benzene rings is 4. The third-order valence-electron chi connectivity index (χ3n) is 9.21. The SMILES string of the molecule is Fc1cccc(-c2c3nc(c(-c4cccc(F)c4)c4ccc([nH]4)c(-c4cccc(F)c4)c4nc(c(-c5cccc(F)c5)c5ccc2[nH]5)C=C4)C=C3)c1.[Mn]. The summed E-state index contributed by atoms with van der Waals surface area (Å²) in [5.74, 6) is -1.64. The molecular formula is C44H26F4MnN4. The Morgan fingerprint density at radius 3 is 0.811 bits per heavy atom. The quantitative estimate of drug-likeness (QED) is 0.139. The van der Waals surface area contributed by atoms with E-state index in [1.54, 1.807) is 24.3 Å². The minimum atomic E-state index is -0.410. The third-order valence-corrected chi connectivity index (χ3v) is 9.21. The molecule has 2 aliphatic rings. The Morgan fingerprint density at radius 2 is 0.585 bits per heavy atom. The number of aromatic amines is 2. The van der Waals surface area contributed by atoms with E-state index in [4.69, 9.17) is 9.97 Å². The van der Waals surface area contributed by atoms with Gasteiger partial charge in [0.15, 0.2) is 0 Å². The van der Waals surface area contributed by atoms with Crippen molar-refractivity contribution >= 4 is 46.4 Å². The molecule has 5 heterocycles. The van der Waals surface area contributed by atoms with Crippen LogP contribution in [0, 0.1) is 23.3 Å². The second kappa shape index (κ2) is 13.7. The minimum Gasteiger partial charge on any atom is -0.354 e. The van der Waals surface area contributed by atoms with E-state index in [9.17, 15) is 17.6 Å². The summed E-state index contributed by atoms with van der Waals surface area (Å²) in [4.78, 5) is 17.2. The predicted molar refractivity (Wildman–Crippen MR) is 200 cm³/mol. The number of nitrogens with one attached hydrogen (secondary N) is 2. The topological polar surface area (TPSA) is 57.4 Å². The Morgan fingerprint density at radius 1 is 0.340 bits per heavy atom. The summed E-state index contributed by atoms with van der Waals surface area (Å²) in [6.45, 7) is 0. The first kappa shape index (κ1) is 33.8. The molecule has 8 bridgehead atoms. The van der Waals surface area contributed by atoms with Crippen molar-refractivity contribution in [2.75, 3.05) is 0 Å². The number of hydrogen-bond donors (Lipinski definition) is 2. The van der Waals surface area contributed by atoms with E-state index in [0.29, 0.717) is 89.4 Å². The van der Waals surface area contributed by atoms with E-state index in [-0.39, 0.29) is 17.1 Å². The molecule has 0 saturated carbocycles. The fourth-order valence-electron chi connectivity index (χ4n) is 7.00. The molecular weight excluding hydrogens is 715 g/mol. The molecule has 0 saturated heterocycles. The molecule has 0 unspecified atom stereocenters. The molecule has 2 aliphatic heterocycles. The van der Waals surface area contributed by atoms with Gasteiger partial charge in [0.25, 0.3) is 0 Å². The molecule has 2 N–H and O–H groups in total. The van der Waals surface area contributed by atoms with Gasteiger partial charge in [-0.3, -0.25) is 0 Å². The Balaban J connectivity index is 0.00000400.